The minimum Gasteiger partial charge on any atom is -0.340 e. The Labute approximate surface area is 140 Å². The van der Waals surface area contributed by atoms with Crippen molar-refractivity contribution in [3.05, 3.63) is 41.6 Å². The van der Waals surface area contributed by atoms with Crippen molar-refractivity contribution in [3.63, 3.8) is 0 Å². The van der Waals surface area contributed by atoms with Gasteiger partial charge in [0.15, 0.2) is 0 Å². The molecule has 1 N–H and O–H groups in total. The van der Waals surface area contributed by atoms with E-state index >= 15 is 0 Å². The standard InChI is InChI=1S/C18H20F2N4/c1-24-15(8-11-22-24)23-14-7-5-6-13(17(19)20)16(14)18(12-21)9-3-2-4-10-18/h5-8,11,17,23H,2-4,9-10H2,1H3. The van der Waals surface area contributed by atoms with E-state index in [9.17, 15) is 14.0 Å². The van der Waals surface area contributed by atoms with Crippen LogP contribution in [0.2, 0.25) is 0 Å². The number of halogens is 2. The van der Waals surface area contributed by atoms with E-state index in [2.05, 4.69) is 16.5 Å². The summed E-state index contributed by atoms with van der Waals surface area (Å²) < 4.78 is 29.0. The number of nitrogens with one attached hydrogen (secondary N) is 1. The van der Waals surface area contributed by atoms with Gasteiger partial charge in [-0.2, -0.15) is 10.4 Å². The minimum absolute atomic E-state index is 0.0504. The first-order valence-electron chi connectivity index (χ1n) is 8.15. The van der Waals surface area contributed by atoms with Crippen LogP contribution in [-0.2, 0) is 12.5 Å². The molecule has 2 aromatic rings. The van der Waals surface area contributed by atoms with Crippen molar-refractivity contribution in [3.8, 4) is 6.07 Å². The highest BCUT2D eigenvalue weighted by atomic mass is 19.3. The Bertz CT molecular complexity index is 755. The molecule has 126 valence electrons. The van der Waals surface area contributed by atoms with Crippen LogP contribution in [0.4, 0.5) is 20.3 Å². The molecule has 1 aliphatic carbocycles. The molecule has 1 fully saturated rings. The Kier molecular flexibility index (Phi) is 4.52. The highest BCUT2D eigenvalue weighted by molar-refractivity contribution is 5.66. The van der Waals surface area contributed by atoms with Gasteiger partial charge in [0.1, 0.15) is 5.82 Å². The maximum atomic E-state index is 13.7. The third-order valence-corrected chi connectivity index (χ3v) is 4.82. The molecule has 4 nitrogen and oxygen atoms in total. The molecular weight excluding hydrogens is 310 g/mol. The molecule has 0 unspecified atom stereocenters. The van der Waals surface area contributed by atoms with E-state index in [0.717, 1.165) is 19.3 Å². The average Bonchev–Trinajstić information content (AvgIpc) is 3.00. The number of hydrogen-bond donors (Lipinski definition) is 1. The Morgan fingerprint density at radius 1 is 1.25 bits per heavy atom. The Morgan fingerprint density at radius 3 is 2.58 bits per heavy atom. The first-order chi connectivity index (χ1) is 11.6. The van der Waals surface area contributed by atoms with E-state index in [-0.39, 0.29) is 5.56 Å². The summed E-state index contributed by atoms with van der Waals surface area (Å²) in [7, 11) is 1.78. The molecule has 24 heavy (non-hydrogen) atoms. The number of nitriles is 1. The summed E-state index contributed by atoms with van der Waals surface area (Å²) in [6.45, 7) is 0. The van der Waals surface area contributed by atoms with Gasteiger partial charge in [-0.25, -0.2) is 8.78 Å². The van der Waals surface area contributed by atoms with E-state index in [1.165, 1.54) is 6.07 Å². The van der Waals surface area contributed by atoms with Gasteiger partial charge in [-0.15, -0.1) is 0 Å². The Hall–Kier alpha value is -2.42. The van der Waals surface area contributed by atoms with Crippen LogP contribution in [-0.4, -0.2) is 9.78 Å². The van der Waals surface area contributed by atoms with Crippen LogP contribution >= 0.6 is 0 Å². The molecule has 1 saturated carbocycles. The molecule has 0 atom stereocenters. The minimum atomic E-state index is -2.61. The zero-order valence-electron chi connectivity index (χ0n) is 13.6. The number of hydrogen-bond acceptors (Lipinski definition) is 3. The van der Waals surface area contributed by atoms with Crippen LogP contribution in [0.3, 0.4) is 0 Å². The maximum absolute atomic E-state index is 13.7. The number of alkyl halides is 2. The zero-order chi connectivity index (χ0) is 17.2. The monoisotopic (exact) mass is 330 g/mol. The molecule has 0 radical (unpaired) electrons. The van der Waals surface area contributed by atoms with Gasteiger partial charge in [0.05, 0.1) is 17.7 Å². The molecule has 6 heteroatoms. The van der Waals surface area contributed by atoms with Crippen molar-refractivity contribution in [2.45, 2.75) is 43.9 Å². The van der Waals surface area contributed by atoms with Crippen molar-refractivity contribution in [1.82, 2.24) is 9.78 Å². The van der Waals surface area contributed by atoms with Crippen molar-refractivity contribution >= 4 is 11.5 Å². The molecule has 0 bridgehead atoms. The fourth-order valence-corrected chi connectivity index (χ4v) is 3.60. The Balaban J connectivity index is 2.14. The highest BCUT2D eigenvalue weighted by Crippen LogP contribution is 2.46. The van der Waals surface area contributed by atoms with Crippen LogP contribution < -0.4 is 5.32 Å². The van der Waals surface area contributed by atoms with Crippen LogP contribution in [0.1, 0.15) is 49.7 Å². The van der Waals surface area contributed by atoms with Gasteiger partial charge in [0.2, 0.25) is 0 Å². The van der Waals surface area contributed by atoms with Gasteiger partial charge in [0, 0.05) is 29.9 Å². The molecule has 0 saturated heterocycles. The molecule has 1 aliphatic rings. The van der Waals surface area contributed by atoms with E-state index in [4.69, 9.17) is 0 Å². The topological polar surface area (TPSA) is 53.6 Å². The van der Waals surface area contributed by atoms with E-state index in [1.54, 1.807) is 36.1 Å². The molecule has 1 heterocycles. The largest absolute Gasteiger partial charge is 0.340 e. The molecule has 0 amide bonds. The SMILES string of the molecule is Cn1nccc1Nc1cccc(C(F)F)c1C1(C#N)CCCCC1. The van der Waals surface area contributed by atoms with Crippen molar-refractivity contribution in [2.75, 3.05) is 5.32 Å². The second-order valence-electron chi connectivity index (χ2n) is 6.29. The predicted molar refractivity (Wildman–Crippen MR) is 88.3 cm³/mol. The lowest BCUT2D eigenvalue weighted by Gasteiger charge is -2.34. The summed E-state index contributed by atoms with van der Waals surface area (Å²) in [4.78, 5) is 0. The molecule has 0 spiro atoms. The first kappa shape index (κ1) is 16.4. The fraction of sp³-hybridized carbons (Fsp3) is 0.444. The van der Waals surface area contributed by atoms with Crippen molar-refractivity contribution < 1.29 is 8.78 Å². The normalized spacial score (nSPS) is 16.8. The summed E-state index contributed by atoms with van der Waals surface area (Å²) in [6, 6.07) is 8.95. The highest BCUT2D eigenvalue weighted by Gasteiger charge is 2.39. The van der Waals surface area contributed by atoms with Crippen LogP contribution in [0.5, 0.6) is 0 Å². The lowest BCUT2D eigenvalue weighted by Crippen LogP contribution is -2.29. The van der Waals surface area contributed by atoms with Gasteiger partial charge >= 0.3 is 0 Å². The lowest BCUT2D eigenvalue weighted by atomic mass is 9.68. The second kappa shape index (κ2) is 6.60. The van der Waals surface area contributed by atoms with Gasteiger partial charge in [0.25, 0.3) is 6.43 Å². The summed E-state index contributed by atoms with van der Waals surface area (Å²) in [5.74, 6) is 0.701. The molecule has 3 rings (SSSR count). The first-order valence-corrected chi connectivity index (χ1v) is 8.15. The van der Waals surface area contributed by atoms with Crippen LogP contribution in [0.15, 0.2) is 30.5 Å². The summed E-state index contributed by atoms with van der Waals surface area (Å²) in [6.07, 6.45) is 3.08. The number of nitrogens with zero attached hydrogens (tertiary/aromatic N) is 3. The van der Waals surface area contributed by atoms with E-state index in [1.807, 2.05) is 0 Å². The van der Waals surface area contributed by atoms with Crippen molar-refractivity contribution in [1.29, 1.82) is 5.26 Å². The summed E-state index contributed by atoms with van der Waals surface area (Å²) >= 11 is 0. The number of aryl methyl sites for hydroxylation is 1. The quantitative estimate of drug-likeness (QED) is 0.874. The summed E-state index contributed by atoms with van der Waals surface area (Å²) in [5.41, 5.74) is 0.112. The van der Waals surface area contributed by atoms with Gasteiger partial charge in [-0.3, -0.25) is 4.68 Å². The van der Waals surface area contributed by atoms with Crippen LogP contribution in [0, 0.1) is 11.3 Å². The van der Waals surface area contributed by atoms with Gasteiger partial charge in [-0.05, 0) is 18.9 Å². The fourth-order valence-electron chi connectivity index (χ4n) is 3.60. The van der Waals surface area contributed by atoms with Crippen molar-refractivity contribution in [2.24, 2.45) is 7.05 Å². The Morgan fingerprint density at radius 2 is 2.00 bits per heavy atom. The maximum Gasteiger partial charge on any atom is 0.264 e. The smallest absolute Gasteiger partial charge is 0.264 e. The number of benzene rings is 1. The van der Waals surface area contributed by atoms with Gasteiger partial charge < -0.3 is 5.32 Å². The van der Waals surface area contributed by atoms with E-state index in [0.29, 0.717) is 29.9 Å². The third kappa shape index (κ3) is 2.86. The molecule has 0 aliphatic heterocycles. The predicted octanol–water partition coefficient (Wildman–Crippen LogP) is 4.83. The molecular formula is C18H20F2N4. The molecule has 1 aromatic carbocycles. The summed E-state index contributed by atoms with van der Waals surface area (Å²) in [5, 5.41) is 17.1. The van der Waals surface area contributed by atoms with Gasteiger partial charge in [-0.1, -0.05) is 31.4 Å². The van der Waals surface area contributed by atoms with Crippen LogP contribution in [0.25, 0.3) is 0 Å². The average molecular weight is 330 g/mol. The second-order valence-corrected chi connectivity index (χ2v) is 6.29. The van der Waals surface area contributed by atoms with E-state index < -0.39 is 11.8 Å². The molecule has 1 aromatic heterocycles. The third-order valence-electron chi connectivity index (χ3n) is 4.82. The number of rotatable bonds is 4. The number of anilines is 2. The lowest BCUT2D eigenvalue weighted by molar-refractivity contribution is 0.148. The zero-order valence-corrected chi connectivity index (χ0v) is 13.6. The number of aromatic nitrogens is 2.